The average molecular weight is 666 g/mol. The largest absolute Gasteiger partial charge is 0.420 e. The van der Waals surface area contributed by atoms with Crippen LogP contribution in [0.3, 0.4) is 0 Å². The van der Waals surface area contributed by atoms with Gasteiger partial charge >= 0.3 is 5.97 Å². The molecule has 238 valence electrons. The van der Waals surface area contributed by atoms with Gasteiger partial charge in [0.05, 0.1) is 6.42 Å². The van der Waals surface area contributed by atoms with Crippen LogP contribution in [-0.4, -0.2) is 52.0 Å². The van der Waals surface area contributed by atoms with Gasteiger partial charge in [0.2, 0.25) is 23.3 Å². The van der Waals surface area contributed by atoms with Crippen molar-refractivity contribution in [2.75, 3.05) is 25.1 Å². The van der Waals surface area contributed by atoms with Crippen LogP contribution in [0.4, 0.5) is 22.0 Å². The van der Waals surface area contributed by atoms with Crippen LogP contribution in [0.5, 0.6) is 5.75 Å². The Morgan fingerprint density at radius 3 is 2.33 bits per heavy atom. The van der Waals surface area contributed by atoms with E-state index in [-0.39, 0.29) is 30.6 Å². The summed E-state index contributed by atoms with van der Waals surface area (Å²) < 4.78 is 72.5. The molecular weight excluding hydrogens is 637 g/mol. The van der Waals surface area contributed by atoms with Gasteiger partial charge in [-0.25, -0.2) is 13.2 Å². The Hall–Kier alpha value is -3.59. The molecule has 1 atom stereocenters. The second kappa shape index (κ2) is 14.2. The summed E-state index contributed by atoms with van der Waals surface area (Å²) in [5.41, 5.74) is 4.79. The van der Waals surface area contributed by atoms with Gasteiger partial charge in [0.1, 0.15) is 12.0 Å². The van der Waals surface area contributed by atoms with E-state index >= 15 is 0 Å². The zero-order valence-electron chi connectivity index (χ0n) is 23.9. The van der Waals surface area contributed by atoms with Gasteiger partial charge in [-0.3, -0.25) is 14.9 Å². The summed E-state index contributed by atoms with van der Waals surface area (Å²) in [7, 11) is 4.26. The van der Waals surface area contributed by atoms with Crippen molar-refractivity contribution >= 4 is 44.4 Å². The number of aromatic nitrogens is 1. The topological polar surface area (TPSA) is 94.7 Å². The van der Waals surface area contributed by atoms with E-state index in [2.05, 4.69) is 15.0 Å². The van der Waals surface area contributed by atoms with Crippen molar-refractivity contribution in [3.63, 3.8) is 0 Å². The summed E-state index contributed by atoms with van der Waals surface area (Å²) in [6.07, 6.45) is -0.340. The number of aromatic amines is 1. The number of aliphatic hydroxyl groups is 1. The first-order valence-electron chi connectivity index (χ1n) is 13.9. The number of amides is 1. The van der Waals surface area contributed by atoms with Gasteiger partial charge in [-0.15, -0.1) is 0 Å². The molecule has 0 saturated carbocycles. The molecule has 5 rings (SSSR count). The Kier molecular flexibility index (Phi) is 10.4. The number of benzene rings is 3. The van der Waals surface area contributed by atoms with E-state index in [0.29, 0.717) is 36.3 Å². The fraction of sp³-hybridized carbons (Fsp3) is 0.290. The molecule has 4 aromatic rings. The van der Waals surface area contributed by atoms with E-state index in [1.807, 2.05) is 24.3 Å². The lowest BCUT2D eigenvalue weighted by Crippen LogP contribution is -2.26. The monoisotopic (exact) mass is 665 g/mol. The fourth-order valence-corrected chi connectivity index (χ4v) is 7.01. The molecule has 0 aliphatic carbocycles. The number of rotatable bonds is 11. The minimum Gasteiger partial charge on any atom is -0.420 e. The number of ether oxygens (including phenoxy) is 1. The highest BCUT2D eigenvalue weighted by molar-refractivity contribution is 8.76. The molecule has 1 aliphatic rings. The number of esters is 1. The zero-order chi connectivity index (χ0) is 32.2. The highest BCUT2D eigenvalue weighted by Gasteiger charge is 2.25. The maximum atomic E-state index is 14.2. The number of carbonyl (C=O) groups excluding carboxylic acids is 2. The number of hydrogen-bond acceptors (Lipinski definition) is 7. The zero-order valence-corrected chi connectivity index (χ0v) is 25.5. The van der Waals surface area contributed by atoms with Gasteiger partial charge in [-0.2, -0.15) is 8.78 Å². The normalized spacial score (nSPS) is 14.4. The first kappa shape index (κ1) is 32.8. The number of halogens is 5. The second-order valence-corrected chi connectivity index (χ2v) is 13.1. The third-order valence-electron chi connectivity index (χ3n) is 7.25. The van der Waals surface area contributed by atoms with Crippen molar-refractivity contribution in [2.45, 2.75) is 32.0 Å². The summed E-state index contributed by atoms with van der Waals surface area (Å²) >= 11 is 0. The maximum absolute atomic E-state index is 14.2. The van der Waals surface area contributed by atoms with E-state index in [9.17, 15) is 36.6 Å². The summed E-state index contributed by atoms with van der Waals surface area (Å²) in [5, 5.41) is 14.2. The van der Waals surface area contributed by atoms with Gasteiger partial charge in [-0.05, 0) is 35.2 Å². The number of nitrogens with one attached hydrogen (secondary N) is 2. The Labute approximate surface area is 262 Å². The first-order chi connectivity index (χ1) is 21.5. The van der Waals surface area contributed by atoms with E-state index < -0.39 is 47.0 Å². The SMILES string of the molecule is CN(Cc1ccc(-c2[nH]c3cc(F)cc4c3c2CCNC4O)cc1)C(=O)CCSSCCC(=O)Oc1c(F)c(F)cc(F)c1F. The van der Waals surface area contributed by atoms with Crippen LogP contribution in [-0.2, 0) is 22.6 Å². The molecule has 45 heavy (non-hydrogen) atoms. The standard InChI is InChI=1S/C31H28F5N3O4S2/c1-39(24(40)7-10-44-45-11-8-25(41)43-30-27(35)21(33)14-22(34)28(30)36)15-16-2-4-17(5-3-16)29-19-6-9-37-31(42)20-12-18(32)13-23(38-29)26(19)20/h2-5,12-14,31,37-38,42H,6-11,15H2,1H3. The predicted octanol–water partition coefficient (Wildman–Crippen LogP) is 6.39. The fourth-order valence-electron chi connectivity index (χ4n) is 5.06. The number of nitrogens with zero attached hydrogens (tertiary/aromatic N) is 1. The van der Waals surface area contributed by atoms with Crippen LogP contribution in [0.15, 0.2) is 42.5 Å². The Bertz CT molecular complexity index is 1710. The van der Waals surface area contributed by atoms with E-state index in [4.69, 9.17) is 0 Å². The van der Waals surface area contributed by atoms with Crippen LogP contribution in [0.2, 0.25) is 0 Å². The van der Waals surface area contributed by atoms with Crippen molar-refractivity contribution in [1.29, 1.82) is 0 Å². The second-order valence-electron chi connectivity index (χ2n) is 10.4. The van der Waals surface area contributed by atoms with Crippen LogP contribution < -0.4 is 10.1 Å². The van der Waals surface area contributed by atoms with Crippen LogP contribution in [0, 0.1) is 29.1 Å². The molecule has 14 heteroatoms. The smallest absolute Gasteiger partial charge is 0.312 e. The molecule has 7 nitrogen and oxygen atoms in total. The molecule has 0 fully saturated rings. The van der Waals surface area contributed by atoms with Crippen molar-refractivity contribution in [3.8, 4) is 17.0 Å². The summed E-state index contributed by atoms with van der Waals surface area (Å²) in [4.78, 5) is 29.4. The van der Waals surface area contributed by atoms with Crippen molar-refractivity contribution in [2.24, 2.45) is 0 Å². The van der Waals surface area contributed by atoms with E-state index in [0.717, 1.165) is 27.8 Å². The molecule has 0 radical (unpaired) electrons. The molecule has 1 amide bonds. The quantitative estimate of drug-likeness (QED) is 0.0427. The average Bonchev–Trinajstić information content (AvgIpc) is 3.28. The summed E-state index contributed by atoms with van der Waals surface area (Å²) in [6.45, 7) is 0.911. The molecule has 0 bridgehead atoms. The molecule has 0 spiro atoms. The highest BCUT2D eigenvalue weighted by atomic mass is 33.1. The lowest BCUT2D eigenvalue weighted by Gasteiger charge is -2.17. The third kappa shape index (κ3) is 7.46. The predicted molar refractivity (Wildman–Crippen MR) is 163 cm³/mol. The van der Waals surface area contributed by atoms with Gasteiger partial charge in [0.15, 0.2) is 11.6 Å². The molecule has 3 N–H and O–H groups in total. The van der Waals surface area contributed by atoms with Crippen molar-refractivity contribution in [3.05, 3.63) is 88.2 Å². The molecule has 1 aromatic heterocycles. The van der Waals surface area contributed by atoms with Crippen LogP contribution in [0.25, 0.3) is 22.2 Å². The number of carbonyl (C=O) groups is 2. The van der Waals surface area contributed by atoms with Crippen molar-refractivity contribution < 1.29 is 41.4 Å². The lowest BCUT2D eigenvalue weighted by atomic mass is 9.99. The molecule has 1 aliphatic heterocycles. The van der Waals surface area contributed by atoms with Gasteiger partial charge < -0.3 is 19.7 Å². The minimum absolute atomic E-state index is 0.0250. The molecular formula is C31H28F5N3O4S2. The van der Waals surface area contributed by atoms with Gasteiger partial charge in [0.25, 0.3) is 0 Å². The molecule has 1 unspecified atom stereocenters. The Morgan fingerprint density at radius 2 is 1.64 bits per heavy atom. The van der Waals surface area contributed by atoms with E-state index in [1.165, 1.54) is 33.7 Å². The van der Waals surface area contributed by atoms with E-state index in [1.54, 1.807) is 11.9 Å². The van der Waals surface area contributed by atoms with Gasteiger partial charge in [0, 0.05) is 66.3 Å². The molecule has 2 heterocycles. The summed E-state index contributed by atoms with van der Waals surface area (Å²) in [6, 6.07) is 10.5. The Morgan fingerprint density at radius 1 is 0.978 bits per heavy atom. The number of aliphatic hydroxyl groups excluding tert-OH is 1. The van der Waals surface area contributed by atoms with Gasteiger partial charge in [-0.1, -0.05) is 45.9 Å². The van der Waals surface area contributed by atoms with Crippen molar-refractivity contribution in [1.82, 2.24) is 15.2 Å². The number of hydrogen-bond donors (Lipinski definition) is 3. The number of H-pyrrole nitrogens is 1. The Balaban J connectivity index is 1.08. The van der Waals surface area contributed by atoms with Crippen LogP contribution in [0.1, 0.15) is 35.8 Å². The van der Waals surface area contributed by atoms with Crippen LogP contribution >= 0.6 is 21.6 Å². The summed E-state index contributed by atoms with van der Waals surface area (Å²) in [5.74, 6) is -9.28. The molecule has 0 saturated heterocycles. The molecule has 3 aromatic carbocycles. The first-order valence-corrected chi connectivity index (χ1v) is 16.4. The highest BCUT2D eigenvalue weighted by Crippen LogP contribution is 2.37. The minimum atomic E-state index is -1.78. The lowest BCUT2D eigenvalue weighted by molar-refractivity contribution is -0.134. The maximum Gasteiger partial charge on any atom is 0.312 e. The third-order valence-corrected chi connectivity index (χ3v) is 9.66.